The lowest BCUT2D eigenvalue weighted by Crippen LogP contribution is -2.22. The predicted octanol–water partition coefficient (Wildman–Crippen LogP) is 2.57. The van der Waals surface area contributed by atoms with E-state index >= 15 is 0 Å². The molecule has 0 saturated carbocycles. The van der Waals surface area contributed by atoms with Gasteiger partial charge < -0.3 is 10.4 Å². The lowest BCUT2D eigenvalue weighted by Gasteiger charge is -2.07. The molecule has 0 spiro atoms. The standard InChI is InChI=1S/C19H17N5O2/c1-3-21-18(25)14-5-7-17(22-10-14)24-19(26)16(11-23-24)15-6-4-13(9-20)8-12(15)2/h4-8,10-11,26H,3H2,1-2H3,(H,21,25). The average Bonchev–Trinajstić information content (AvgIpc) is 3.03. The topological polar surface area (TPSA) is 104 Å². The minimum atomic E-state index is -0.204. The van der Waals surface area contributed by atoms with Gasteiger partial charge in [0.25, 0.3) is 5.91 Å². The van der Waals surface area contributed by atoms with Crippen LogP contribution >= 0.6 is 0 Å². The zero-order valence-corrected chi connectivity index (χ0v) is 14.4. The quantitative estimate of drug-likeness (QED) is 0.755. The first-order valence-corrected chi connectivity index (χ1v) is 8.08. The van der Waals surface area contributed by atoms with Crippen molar-refractivity contribution in [1.29, 1.82) is 5.26 Å². The highest BCUT2D eigenvalue weighted by Crippen LogP contribution is 2.32. The molecule has 3 aromatic rings. The Morgan fingerprint density at radius 2 is 2.08 bits per heavy atom. The van der Waals surface area contributed by atoms with Gasteiger partial charge in [-0.3, -0.25) is 4.79 Å². The third-order valence-corrected chi connectivity index (χ3v) is 3.95. The van der Waals surface area contributed by atoms with Crippen LogP contribution in [-0.2, 0) is 0 Å². The van der Waals surface area contributed by atoms with Gasteiger partial charge in [-0.25, -0.2) is 4.98 Å². The van der Waals surface area contributed by atoms with E-state index in [2.05, 4.69) is 21.5 Å². The first-order valence-electron chi connectivity index (χ1n) is 8.08. The van der Waals surface area contributed by atoms with E-state index in [1.54, 1.807) is 36.5 Å². The Labute approximate surface area is 150 Å². The molecule has 0 unspecified atom stereocenters. The smallest absolute Gasteiger partial charge is 0.252 e. The van der Waals surface area contributed by atoms with Crippen molar-refractivity contribution >= 4 is 5.91 Å². The number of hydrogen-bond donors (Lipinski definition) is 2. The molecule has 2 heterocycles. The molecule has 7 nitrogen and oxygen atoms in total. The minimum Gasteiger partial charge on any atom is -0.493 e. The number of nitriles is 1. The van der Waals surface area contributed by atoms with Crippen LogP contribution in [0, 0.1) is 18.3 Å². The summed E-state index contributed by atoms with van der Waals surface area (Å²) >= 11 is 0. The summed E-state index contributed by atoms with van der Waals surface area (Å²) in [4.78, 5) is 16.0. The molecule has 2 N–H and O–H groups in total. The van der Waals surface area contributed by atoms with E-state index in [1.165, 1.54) is 10.9 Å². The number of nitrogens with zero attached hydrogens (tertiary/aromatic N) is 4. The maximum atomic E-state index is 11.8. The fourth-order valence-electron chi connectivity index (χ4n) is 2.64. The van der Waals surface area contributed by atoms with E-state index in [4.69, 9.17) is 5.26 Å². The van der Waals surface area contributed by atoms with Crippen LogP contribution in [0.5, 0.6) is 5.88 Å². The van der Waals surface area contributed by atoms with Crippen LogP contribution in [0.4, 0.5) is 0 Å². The van der Waals surface area contributed by atoms with Crippen LogP contribution < -0.4 is 5.32 Å². The number of aromatic hydroxyl groups is 1. The summed E-state index contributed by atoms with van der Waals surface area (Å²) in [5, 5.41) is 26.4. The molecule has 0 saturated heterocycles. The molecule has 0 fully saturated rings. The van der Waals surface area contributed by atoms with Gasteiger partial charge in [0.2, 0.25) is 5.88 Å². The van der Waals surface area contributed by atoms with E-state index in [9.17, 15) is 9.90 Å². The van der Waals surface area contributed by atoms with Crippen LogP contribution in [-0.4, -0.2) is 32.3 Å². The van der Waals surface area contributed by atoms with Gasteiger partial charge in [0.1, 0.15) is 0 Å². The first kappa shape index (κ1) is 17.2. The largest absolute Gasteiger partial charge is 0.493 e. The summed E-state index contributed by atoms with van der Waals surface area (Å²) < 4.78 is 1.30. The van der Waals surface area contributed by atoms with E-state index in [-0.39, 0.29) is 11.8 Å². The molecule has 0 radical (unpaired) electrons. The Bertz CT molecular complexity index is 1000. The highest BCUT2D eigenvalue weighted by molar-refractivity contribution is 5.93. The number of amides is 1. The molecule has 1 amide bonds. The van der Waals surface area contributed by atoms with Crippen LogP contribution in [0.3, 0.4) is 0 Å². The van der Waals surface area contributed by atoms with Crippen LogP contribution in [0.25, 0.3) is 16.9 Å². The van der Waals surface area contributed by atoms with Gasteiger partial charge in [-0.05, 0) is 49.2 Å². The fourth-order valence-corrected chi connectivity index (χ4v) is 2.64. The van der Waals surface area contributed by atoms with Crippen molar-refractivity contribution in [2.24, 2.45) is 0 Å². The molecule has 0 aliphatic heterocycles. The minimum absolute atomic E-state index is 0.0592. The molecule has 1 aromatic carbocycles. The maximum Gasteiger partial charge on any atom is 0.252 e. The van der Waals surface area contributed by atoms with Crippen molar-refractivity contribution in [3.8, 4) is 28.9 Å². The van der Waals surface area contributed by atoms with Crippen molar-refractivity contribution in [3.63, 3.8) is 0 Å². The highest BCUT2D eigenvalue weighted by Gasteiger charge is 2.16. The predicted molar refractivity (Wildman–Crippen MR) is 95.9 cm³/mol. The number of aryl methyl sites for hydroxylation is 1. The summed E-state index contributed by atoms with van der Waals surface area (Å²) in [7, 11) is 0. The second-order valence-corrected chi connectivity index (χ2v) is 5.70. The number of carbonyl (C=O) groups is 1. The molecular weight excluding hydrogens is 330 g/mol. The van der Waals surface area contributed by atoms with Gasteiger partial charge in [0.05, 0.1) is 29.0 Å². The second kappa shape index (κ2) is 7.07. The Hall–Kier alpha value is -3.66. The third kappa shape index (κ3) is 3.13. The summed E-state index contributed by atoms with van der Waals surface area (Å²) in [5.41, 5.74) is 3.18. The molecule has 2 aromatic heterocycles. The van der Waals surface area contributed by atoms with Crippen molar-refractivity contribution in [2.75, 3.05) is 6.54 Å². The third-order valence-electron chi connectivity index (χ3n) is 3.95. The number of hydrogen-bond acceptors (Lipinski definition) is 5. The number of carbonyl (C=O) groups excluding carboxylic acids is 1. The summed E-state index contributed by atoms with van der Waals surface area (Å²) in [5.74, 6) is 0.134. The maximum absolute atomic E-state index is 11.8. The molecule has 0 atom stereocenters. The van der Waals surface area contributed by atoms with Gasteiger partial charge in [-0.15, -0.1) is 0 Å². The highest BCUT2D eigenvalue weighted by atomic mass is 16.3. The average molecular weight is 347 g/mol. The van der Waals surface area contributed by atoms with Gasteiger partial charge in [-0.2, -0.15) is 15.0 Å². The first-order chi connectivity index (χ1) is 12.5. The molecule has 0 bridgehead atoms. The molecule has 26 heavy (non-hydrogen) atoms. The Morgan fingerprint density at radius 1 is 1.27 bits per heavy atom. The zero-order valence-electron chi connectivity index (χ0n) is 14.4. The number of benzene rings is 1. The molecule has 7 heteroatoms. The normalized spacial score (nSPS) is 10.3. The second-order valence-electron chi connectivity index (χ2n) is 5.70. The van der Waals surface area contributed by atoms with E-state index in [0.29, 0.717) is 29.1 Å². The number of rotatable bonds is 4. The van der Waals surface area contributed by atoms with Crippen molar-refractivity contribution in [1.82, 2.24) is 20.1 Å². The van der Waals surface area contributed by atoms with E-state index in [1.807, 2.05) is 13.8 Å². The van der Waals surface area contributed by atoms with E-state index in [0.717, 1.165) is 11.1 Å². The van der Waals surface area contributed by atoms with Crippen molar-refractivity contribution in [2.45, 2.75) is 13.8 Å². The number of aromatic nitrogens is 3. The van der Waals surface area contributed by atoms with Crippen molar-refractivity contribution in [3.05, 3.63) is 59.4 Å². The van der Waals surface area contributed by atoms with Crippen LogP contribution in [0.2, 0.25) is 0 Å². The molecule has 0 aliphatic rings. The zero-order chi connectivity index (χ0) is 18.7. The molecule has 0 aliphatic carbocycles. The molecular formula is C19H17N5O2. The van der Waals surface area contributed by atoms with Crippen LogP contribution in [0.15, 0.2) is 42.7 Å². The monoisotopic (exact) mass is 347 g/mol. The Balaban J connectivity index is 1.95. The van der Waals surface area contributed by atoms with Gasteiger partial charge >= 0.3 is 0 Å². The van der Waals surface area contributed by atoms with Gasteiger partial charge in [0, 0.05) is 12.7 Å². The molecule has 3 rings (SSSR count). The van der Waals surface area contributed by atoms with Crippen molar-refractivity contribution < 1.29 is 9.90 Å². The van der Waals surface area contributed by atoms with Gasteiger partial charge in [-0.1, -0.05) is 6.07 Å². The summed E-state index contributed by atoms with van der Waals surface area (Å²) in [6, 6.07) is 10.6. The number of nitrogens with one attached hydrogen (secondary N) is 1. The summed E-state index contributed by atoms with van der Waals surface area (Å²) in [6.45, 7) is 4.24. The fraction of sp³-hybridized carbons (Fsp3) is 0.158. The Kier molecular flexibility index (Phi) is 4.67. The van der Waals surface area contributed by atoms with Crippen LogP contribution in [0.1, 0.15) is 28.4 Å². The lowest BCUT2D eigenvalue weighted by molar-refractivity contribution is 0.0955. The van der Waals surface area contributed by atoms with E-state index < -0.39 is 0 Å². The Morgan fingerprint density at radius 3 is 2.69 bits per heavy atom. The summed E-state index contributed by atoms with van der Waals surface area (Å²) in [6.07, 6.45) is 2.98. The lowest BCUT2D eigenvalue weighted by atomic mass is 10.0. The van der Waals surface area contributed by atoms with Gasteiger partial charge in [0.15, 0.2) is 5.82 Å². The molecule has 130 valence electrons. The SMILES string of the molecule is CCNC(=O)c1ccc(-n2ncc(-c3ccc(C#N)cc3C)c2O)nc1. The number of pyridine rings is 1.